The fraction of sp³-hybridized carbons (Fsp3) is 0.105. The maximum Gasteiger partial charge on any atom is 0.323 e. The minimum Gasteiger partial charge on any atom is -0.508 e. The number of Topliss-reactive ketones (excluding diaryl/α,β-unsaturated/α-hetero) is 1. The van der Waals surface area contributed by atoms with Gasteiger partial charge in [0.05, 0.1) is 18.1 Å². The molecule has 0 fully saturated rings. The highest BCUT2D eigenvalue weighted by Gasteiger charge is 2.37. The SMILES string of the molecule is COC(=O)[C@H](C(=O)C(=O)Nc1cccc(O)c1)c1nc2ccc(Cl)cc2[nH]c1=O. The van der Waals surface area contributed by atoms with Crippen molar-refractivity contribution in [2.45, 2.75) is 5.92 Å². The van der Waals surface area contributed by atoms with E-state index in [4.69, 9.17) is 11.6 Å². The van der Waals surface area contributed by atoms with E-state index in [0.29, 0.717) is 10.5 Å². The van der Waals surface area contributed by atoms with Gasteiger partial charge in [0.25, 0.3) is 11.5 Å². The van der Waals surface area contributed by atoms with E-state index in [1.165, 1.54) is 42.5 Å². The lowest BCUT2D eigenvalue weighted by Crippen LogP contribution is -2.37. The van der Waals surface area contributed by atoms with E-state index in [1.807, 2.05) is 0 Å². The second-order valence-electron chi connectivity index (χ2n) is 5.94. The van der Waals surface area contributed by atoms with E-state index in [1.54, 1.807) is 0 Å². The molecule has 10 heteroatoms. The van der Waals surface area contributed by atoms with E-state index in [0.717, 1.165) is 7.11 Å². The molecular weight excluding hydrogens is 402 g/mol. The van der Waals surface area contributed by atoms with E-state index in [2.05, 4.69) is 20.0 Å². The van der Waals surface area contributed by atoms with Crippen LogP contribution in [-0.2, 0) is 19.1 Å². The predicted molar refractivity (Wildman–Crippen MR) is 104 cm³/mol. The van der Waals surface area contributed by atoms with E-state index >= 15 is 0 Å². The number of benzene rings is 2. The average molecular weight is 416 g/mol. The molecule has 1 atom stereocenters. The van der Waals surface area contributed by atoms with E-state index in [-0.39, 0.29) is 17.0 Å². The first-order chi connectivity index (χ1) is 13.8. The number of aromatic amines is 1. The zero-order valence-corrected chi connectivity index (χ0v) is 15.7. The van der Waals surface area contributed by atoms with Gasteiger partial charge in [0.2, 0.25) is 5.78 Å². The molecule has 0 unspecified atom stereocenters. The Labute approximate surface area is 168 Å². The molecule has 148 valence electrons. The first-order valence-electron chi connectivity index (χ1n) is 8.21. The molecule has 1 aromatic heterocycles. The minimum absolute atomic E-state index is 0.127. The van der Waals surface area contributed by atoms with Crippen molar-refractivity contribution in [2.24, 2.45) is 0 Å². The first-order valence-corrected chi connectivity index (χ1v) is 8.59. The molecule has 0 saturated heterocycles. The van der Waals surface area contributed by atoms with Gasteiger partial charge in [0, 0.05) is 16.8 Å². The van der Waals surface area contributed by atoms with Gasteiger partial charge in [-0.05, 0) is 30.3 Å². The van der Waals surface area contributed by atoms with Gasteiger partial charge in [0.1, 0.15) is 11.4 Å². The lowest BCUT2D eigenvalue weighted by molar-refractivity contribution is -0.148. The van der Waals surface area contributed by atoms with Gasteiger partial charge in [-0.2, -0.15) is 0 Å². The summed E-state index contributed by atoms with van der Waals surface area (Å²) in [6, 6.07) is 9.93. The molecular formula is C19H14ClN3O6. The number of phenols is 1. The highest BCUT2D eigenvalue weighted by Crippen LogP contribution is 2.20. The average Bonchev–Trinajstić information content (AvgIpc) is 2.68. The molecule has 3 N–H and O–H groups in total. The molecule has 2 aromatic carbocycles. The molecule has 0 saturated carbocycles. The van der Waals surface area contributed by atoms with Crippen molar-refractivity contribution in [3.8, 4) is 5.75 Å². The van der Waals surface area contributed by atoms with Crippen LogP contribution in [0.2, 0.25) is 5.02 Å². The molecule has 0 spiro atoms. The summed E-state index contributed by atoms with van der Waals surface area (Å²) < 4.78 is 4.60. The number of phenolic OH excluding ortho intramolecular Hbond substituents is 1. The van der Waals surface area contributed by atoms with Crippen molar-refractivity contribution in [1.29, 1.82) is 0 Å². The third-order valence-electron chi connectivity index (χ3n) is 3.98. The second-order valence-corrected chi connectivity index (χ2v) is 6.37. The largest absolute Gasteiger partial charge is 0.508 e. The number of halogens is 1. The molecule has 0 aliphatic rings. The predicted octanol–water partition coefficient (Wildman–Crippen LogP) is 1.75. The lowest BCUT2D eigenvalue weighted by atomic mass is 9.99. The van der Waals surface area contributed by atoms with Crippen molar-refractivity contribution < 1.29 is 24.2 Å². The summed E-state index contributed by atoms with van der Waals surface area (Å²) in [6.45, 7) is 0. The molecule has 1 amide bonds. The molecule has 9 nitrogen and oxygen atoms in total. The zero-order valence-electron chi connectivity index (χ0n) is 14.9. The smallest absolute Gasteiger partial charge is 0.323 e. The number of ether oxygens (including phenoxy) is 1. The Kier molecular flexibility index (Phi) is 5.60. The van der Waals surface area contributed by atoms with Crippen LogP contribution >= 0.6 is 11.6 Å². The number of methoxy groups -OCH3 is 1. The second kappa shape index (κ2) is 8.11. The van der Waals surface area contributed by atoms with Crippen LogP contribution in [0.3, 0.4) is 0 Å². The summed E-state index contributed by atoms with van der Waals surface area (Å²) in [6.07, 6.45) is 0. The van der Waals surface area contributed by atoms with Gasteiger partial charge in [-0.15, -0.1) is 0 Å². The molecule has 0 aliphatic heterocycles. The Morgan fingerprint density at radius 1 is 1.21 bits per heavy atom. The van der Waals surface area contributed by atoms with Crippen molar-refractivity contribution in [1.82, 2.24) is 9.97 Å². The van der Waals surface area contributed by atoms with Gasteiger partial charge in [0.15, 0.2) is 5.92 Å². The Morgan fingerprint density at radius 2 is 1.97 bits per heavy atom. The summed E-state index contributed by atoms with van der Waals surface area (Å²) in [7, 11) is 1.02. The topological polar surface area (TPSA) is 138 Å². The summed E-state index contributed by atoms with van der Waals surface area (Å²) in [5, 5.41) is 12.1. The fourth-order valence-corrected chi connectivity index (χ4v) is 2.81. The zero-order chi connectivity index (χ0) is 21.1. The number of carbonyl (C=O) groups excluding carboxylic acids is 3. The van der Waals surface area contributed by atoms with Crippen molar-refractivity contribution >= 4 is 46.0 Å². The number of nitrogens with one attached hydrogen (secondary N) is 2. The number of rotatable bonds is 5. The van der Waals surface area contributed by atoms with E-state index in [9.17, 15) is 24.3 Å². The normalized spacial score (nSPS) is 11.7. The Bertz CT molecular complexity index is 1190. The van der Waals surface area contributed by atoms with Crippen LogP contribution in [0, 0.1) is 0 Å². The summed E-state index contributed by atoms with van der Waals surface area (Å²) >= 11 is 5.88. The number of amides is 1. The van der Waals surface area contributed by atoms with Crippen LogP contribution in [-0.4, -0.2) is 39.8 Å². The number of hydrogen-bond acceptors (Lipinski definition) is 7. The summed E-state index contributed by atoms with van der Waals surface area (Å²) in [5.41, 5.74) is -0.635. The third-order valence-corrected chi connectivity index (χ3v) is 4.22. The quantitative estimate of drug-likeness (QED) is 0.327. The molecule has 29 heavy (non-hydrogen) atoms. The minimum atomic E-state index is -1.87. The number of hydrogen-bond donors (Lipinski definition) is 3. The maximum atomic E-state index is 12.7. The molecule has 3 rings (SSSR count). The van der Waals surface area contributed by atoms with Gasteiger partial charge in [-0.3, -0.25) is 19.2 Å². The highest BCUT2D eigenvalue weighted by molar-refractivity contribution is 6.45. The van der Waals surface area contributed by atoms with Crippen LogP contribution in [0.4, 0.5) is 5.69 Å². The number of aromatic hydroxyl groups is 1. The first kappa shape index (κ1) is 20.0. The molecule has 0 radical (unpaired) electrons. The molecule has 0 aliphatic carbocycles. The fourth-order valence-electron chi connectivity index (χ4n) is 2.64. The standard InChI is InChI=1S/C19H14ClN3O6/c1-29-19(28)14(16(25)18(27)21-10-3-2-4-11(24)8-10)15-17(26)23-13-7-9(20)5-6-12(13)22-15/h2-8,14,24H,1H3,(H,21,27)(H,23,26)/t14-/m0/s1. The Morgan fingerprint density at radius 3 is 2.66 bits per heavy atom. The summed E-state index contributed by atoms with van der Waals surface area (Å²) in [5.74, 6) is -5.55. The Balaban J connectivity index is 2.00. The number of ketones is 1. The van der Waals surface area contributed by atoms with Crippen LogP contribution in [0.25, 0.3) is 11.0 Å². The van der Waals surface area contributed by atoms with Gasteiger partial charge < -0.3 is 20.1 Å². The van der Waals surface area contributed by atoms with Gasteiger partial charge in [-0.1, -0.05) is 17.7 Å². The highest BCUT2D eigenvalue weighted by atomic mass is 35.5. The third kappa shape index (κ3) is 4.25. The molecule has 0 bridgehead atoms. The molecule has 3 aromatic rings. The lowest BCUT2D eigenvalue weighted by Gasteiger charge is -2.13. The maximum absolute atomic E-state index is 12.7. The number of H-pyrrole nitrogens is 1. The van der Waals surface area contributed by atoms with Crippen LogP contribution in [0.5, 0.6) is 5.75 Å². The number of anilines is 1. The van der Waals surface area contributed by atoms with Crippen LogP contribution in [0.1, 0.15) is 11.6 Å². The number of fused-ring (bicyclic) bond motifs is 1. The van der Waals surface area contributed by atoms with Crippen molar-refractivity contribution in [2.75, 3.05) is 12.4 Å². The summed E-state index contributed by atoms with van der Waals surface area (Å²) in [4.78, 5) is 56.3. The van der Waals surface area contributed by atoms with Gasteiger partial charge >= 0.3 is 5.97 Å². The number of esters is 1. The van der Waals surface area contributed by atoms with Crippen molar-refractivity contribution in [3.05, 3.63) is 63.5 Å². The number of aromatic nitrogens is 2. The van der Waals surface area contributed by atoms with Gasteiger partial charge in [-0.25, -0.2) is 4.98 Å². The number of nitrogens with zero attached hydrogens (tertiary/aromatic N) is 1. The van der Waals surface area contributed by atoms with Crippen LogP contribution in [0.15, 0.2) is 47.3 Å². The van der Waals surface area contributed by atoms with Crippen molar-refractivity contribution in [3.63, 3.8) is 0 Å². The van der Waals surface area contributed by atoms with E-state index < -0.39 is 34.8 Å². The monoisotopic (exact) mass is 415 g/mol. The number of carbonyl (C=O) groups is 3. The van der Waals surface area contributed by atoms with Crippen LogP contribution < -0.4 is 10.9 Å². The Hall–Kier alpha value is -3.72. The molecule has 1 heterocycles.